The summed E-state index contributed by atoms with van der Waals surface area (Å²) >= 11 is 0. The largest absolute Gasteiger partial charge is 0.462 e. The van der Waals surface area contributed by atoms with Gasteiger partial charge in [-0.1, -0.05) is 6.92 Å². The van der Waals surface area contributed by atoms with Crippen molar-refractivity contribution in [2.24, 2.45) is 5.92 Å². The maximum absolute atomic E-state index is 11.7. The van der Waals surface area contributed by atoms with Gasteiger partial charge in [0.1, 0.15) is 0 Å². The summed E-state index contributed by atoms with van der Waals surface area (Å²) < 4.78 is 5.22. The number of esters is 1. The fourth-order valence-corrected chi connectivity index (χ4v) is 2.46. The van der Waals surface area contributed by atoms with E-state index >= 15 is 0 Å². The predicted octanol–water partition coefficient (Wildman–Crippen LogP) is 1.65. The van der Waals surface area contributed by atoms with E-state index in [0.717, 1.165) is 38.5 Å². The topological polar surface area (TPSA) is 41.6 Å². The number of nitrogens with zero attached hydrogens (tertiary/aromatic N) is 1. The van der Waals surface area contributed by atoms with Crippen LogP contribution in [0.2, 0.25) is 0 Å². The van der Waals surface area contributed by atoms with Crippen LogP contribution >= 0.6 is 0 Å². The molecule has 1 heterocycles. The van der Waals surface area contributed by atoms with Crippen molar-refractivity contribution in [3.63, 3.8) is 0 Å². The molecule has 106 valence electrons. The summed E-state index contributed by atoms with van der Waals surface area (Å²) in [4.78, 5) is 14.0. The van der Waals surface area contributed by atoms with Gasteiger partial charge in [-0.3, -0.25) is 9.69 Å². The average Bonchev–Trinajstić information content (AvgIpc) is 2.29. The summed E-state index contributed by atoms with van der Waals surface area (Å²) in [5, 5.41) is 3.38. The van der Waals surface area contributed by atoms with E-state index in [4.69, 9.17) is 4.74 Å². The van der Waals surface area contributed by atoms with E-state index in [-0.39, 0.29) is 12.1 Å². The molecule has 4 nitrogen and oxygen atoms in total. The molecule has 0 amide bonds. The number of carbonyl (C=O) groups excluding carboxylic acids is 1. The Bertz CT molecular complexity index is 238. The molecule has 0 saturated carbocycles. The normalized spacial score (nSPS) is 17.4. The van der Waals surface area contributed by atoms with E-state index in [1.165, 1.54) is 12.8 Å². The zero-order valence-corrected chi connectivity index (χ0v) is 12.1. The van der Waals surface area contributed by atoms with Crippen molar-refractivity contribution >= 4 is 5.97 Å². The first-order chi connectivity index (χ1) is 8.61. The van der Waals surface area contributed by atoms with Gasteiger partial charge < -0.3 is 10.1 Å². The second-order valence-electron chi connectivity index (χ2n) is 5.47. The molecule has 0 unspecified atom stereocenters. The van der Waals surface area contributed by atoms with E-state index in [1.54, 1.807) is 0 Å². The summed E-state index contributed by atoms with van der Waals surface area (Å²) in [6.45, 7) is 10.6. The van der Waals surface area contributed by atoms with Crippen molar-refractivity contribution in [1.82, 2.24) is 10.2 Å². The monoisotopic (exact) mass is 256 g/mol. The van der Waals surface area contributed by atoms with E-state index in [2.05, 4.69) is 17.1 Å². The van der Waals surface area contributed by atoms with Crippen LogP contribution in [0.1, 0.15) is 40.0 Å². The second kappa shape index (κ2) is 8.48. The van der Waals surface area contributed by atoms with E-state index in [9.17, 15) is 4.79 Å². The third kappa shape index (κ3) is 6.36. The van der Waals surface area contributed by atoms with Crippen LogP contribution in [0.4, 0.5) is 0 Å². The lowest BCUT2D eigenvalue weighted by atomic mass is 9.97. The molecule has 18 heavy (non-hydrogen) atoms. The Morgan fingerprint density at radius 3 is 2.61 bits per heavy atom. The fourth-order valence-electron chi connectivity index (χ4n) is 2.46. The lowest BCUT2D eigenvalue weighted by Gasteiger charge is -2.29. The van der Waals surface area contributed by atoms with Crippen LogP contribution in [0.15, 0.2) is 0 Å². The van der Waals surface area contributed by atoms with Crippen LogP contribution in [0.3, 0.4) is 0 Å². The number of carbonyl (C=O) groups is 1. The van der Waals surface area contributed by atoms with Gasteiger partial charge in [0.15, 0.2) is 0 Å². The predicted molar refractivity (Wildman–Crippen MR) is 73.6 cm³/mol. The lowest BCUT2D eigenvalue weighted by Crippen LogP contribution is -2.39. The van der Waals surface area contributed by atoms with Gasteiger partial charge >= 0.3 is 5.97 Å². The van der Waals surface area contributed by atoms with Gasteiger partial charge in [0.05, 0.1) is 12.6 Å². The van der Waals surface area contributed by atoms with Gasteiger partial charge in [-0.05, 0) is 58.7 Å². The molecule has 1 aliphatic rings. The summed E-state index contributed by atoms with van der Waals surface area (Å²) in [7, 11) is 0. The molecule has 0 radical (unpaired) electrons. The number of ether oxygens (including phenoxy) is 1. The van der Waals surface area contributed by atoms with E-state index in [0.29, 0.717) is 6.54 Å². The number of hydrogen-bond acceptors (Lipinski definition) is 4. The Morgan fingerprint density at radius 2 is 2.06 bits per heavy atom. The molecule has 4 heteroatoms. The third-order valence-corrected chi connectivity index (χ3v) is 3.23. The average molecular weight is 256 g/mol. The van der Waals surface area contributed by atoms with Crippen LogP contribution in [-0.2, 0) is 9.53 Å². The van der Waals surface area contributed by atoms with Crippen LogP contribution < -0.4 is 5.32 Å². The molecule has 0 aromatic heterocycles. The van der Waals surface area contributed by atoms with Crippen LogP contribution in [0.25, 0.3) is 0 Å². The highest BCUT2D eigenvalue weighted by Gasteiger charge is 2.19. The molecule has 0 bridgehead atoms. The molecule has 1 fully saturated rings. The summed E-state index contributed by atoms with van der Waals surface area (Å²) in [5.74, 6) is 0.636. The zero-order valence-electron chi connectivity index (χ0n) is 12.1. The molecule has 0 spiro atoms. The Morgan fingerprint density at radius 1 is 1.39 bits per heavy atom. The van der Waals surface area contributed by atoms with Gasteiger partial charge in [0.2, 0.25) is 0 Å². The van der Waals surface area contributed by atoms with Gasteiger partial charge in [-0.15, -0.1) is 0 Å². The van der Waals surface area contributed by atoms with Gasteiger partial charge in [0.25, 0.3) is 0 Å². The molecule has 0 atom stereocenters. The Labute approximate surface area is 111 Å². The number of rotatable bonds is 7. The molecule has 1 N–H and O–H groups in total. The minimum atomic E-state index is -0.0904. The standard InChI is InChI=1S/C14H28N2O2/c1-4-9-16(11-14(17)18-12(2)3)10-13-5-7-15-8-6-13/h12-13,15H,4-11H2,1-3H3. The molecule has 1 saturated heterocycles. The first kappa shape index (κ1) is 15.4. The van der Waals surface area contributed by atoms with Gasteiger partial charge in [0, 0.05) is 6.54 Å². The van der Waals surface area contributed by atoms with Crippen molar-refractivity contribution in [2.75, 3.05) is 32.7 Å². The van der Waals surface area contributed by atoms with Crippen molar-refractivity contribution in [3.05, 3.63) is 0 Å². The first-order valence-electron chi connectivity index (χ1n) is 7.24. The van der Waals surface area contributed by atoms with Crippen LogP contribution in [-0.4, -0.2) is 49.7 Å². The summed E-state index contributed by atoms with van der Waals surface area (Å²) in [6, 6.07) is 0. The van der Waals surface area contributed by atoms with Crippen LogP contribution in [0.5, 0.6) is 0 Å². The lowest BCUT2D eigenvalue weighted by molar-refractivity contribution is -0.148. The maximum atomic E-state index is 11.7. The van der Waals surface area contributed by atoms with Gasteiger partial charge in [-0.2, -0.15) is 0 Å². The molecule has 0 aliphatic carbocycles. The maximum Gasteiger partial charge on any atom is 0.320 e. The highest BCUT2D eigenvalue weighted by atomic mass is 16.5. The van der Waals surface area contributed by atoms with Crippen molar-refractivity contribution in [2.45, 2.75) is 46.1 Å². The highest BCUT2D eigenvalue weighted by molar-refractivity contribution is 5.71. The van der Waals surface area contributed by atoms with E-state index < -0.39 is 0 Å². The molecular weight excluding hydrogens is 228 g/mol. The third-order valence-electron chi connectivity index (χ3n) is 3.23. The minimum absolute atomic E-state index is 0.0140. The first-order valence-corrected chi connectivity index (χ1v) is 7.24. The number of piperidine rings is 1. The van der Waals surface area contributed by atoms with E-state index in [1.807, 2.05) is 13.8 Å². The molecule has 0 aromatic carbocycles. The fraction of sp³-hybridized carbons (Fsp3) is 0.929. The van der Waals surface area contributed by atoms with Crippen molar-refractivity contribution in [3.8, 4) is 0 Å². The molecular formula is C14H28N2O2. The van der Waals surface area contributed by atoms with Crippen molar-refractivity contribution in [1.29, 1.82) is 0 Å². The Kier molecular flexibility index (Phi) is 7.28. The molecule has 1 rings (SSSR count). The minimum Gasteiger partial charge on any atom is -0.462 e. The highest BCUT2D eigenvalue weighted by Crippen LogP contribution is 2.13. The quantitative estimate of drug-likeness (QED) is 0.703. The molecule has 1 aliphatic heterocycles. The SMILES string of the molecule is CCCN(CC(=O)OC(C)C)CC1CCNCC1. The van der Waals surface area contributed by atoms with Crippen LogP contribution in [0, 0.1) is 5.92 Å². The molecule has 0 aromatic rings. The van der Waals surface area contributed by atoms with Crippen molar-refractivity contribution < 1.29 is 9.53 Å². The summed E-state index contributed by atoms with van der Waals surface area (Å²) in [6.07, 6.45) is 3.51. The Balaban J connectivity index is 2.35. The van der Waals surface area contributed by atoms with Gasteiger partial charge in [-0.25, -0.2) is 0 Å². The zero-order chi connectivity index (χ0) is 13.4. The number of nitrogens with one attached hydrogen (secondary N) is 1. The second-order valence-corrected chi connectivity index (χ2v) is 5.47. The Hall–Kier alpha value is -0.610. The smallest absolute Gasteiger partial charge is 0.320 e. The summed E-state index contributed by atoms with van der Waals surface area (Å²) in [5.41, 5.74) is 0. The number of hydrogen-bond donors (Lipinski definition) is 1.